The number of fused-ring (bicyclic) bond motifs is 2. The fourth-order valence-corrected chi connectivity index (χ4v) is 15.8. The van der Waals surface area contributed by atoms with Crippen LogP contribution in [0.15, 0.2) is 111 Å². The monoisotopic (exact) mass is 1120 g/mol. The van der Waals surface area contributed by atoms with Crippen molar-refractivity contribution in [3.8, 4) is 5.75 Å². The number of allylic oxidation sites excluding steroid dienone is 3. The number of imide groups is 2. The number of nitrogens with two attached hydrogens (primary N) is 2. The van der Waals surface area contributed by atoms with Gasteiger partial charge in [-0.15, -0.1) is 0 Å². The fourth-order valence-electron chi connectivity index (χ4n) is 14.9. The minimum Gasteiger partial charge on any atom is -0.494 e. The highest BCUT2D eigenvalue weighted by Crippen LogP contribution is 2.71. The summed E-state index contributed by atoms with van der Waals surface area (Å²) < 4.78 is 14.1. The van der Waals surface area contributed by atoms with E-state index in [9.17, 15) is 34.8 Å². The quantitative estimate of drug-likeness (QED) is 0.0172. The van der Waals surface area contributed by atoms with Crippen molar-refractivity contribution < 1.29 is 38.9 Å². The first-order valence-electron chi connectivity index (χ1n) is 28.5. The van der Waals surface area contributed by atoms with Crippen LogP contribution in [0.3, 0.4) is 0 Å². The maximum atomic E-state index is 13.2. The first kappa shape index (κ1) is 57.1. The third-order valence-electron chi connectivity index (χ3n) is 17.5. The topological polar surface area (TPSA) is 274 Å². The molecule has 8 aliphatic rings. The van der Waals surface area contributed by atoms with Gasteiger partial charge >= 0.3 is 0 Å². The highest BCUT2D eigenvalue weighted by molar-refractivity contribution is 7.22. The van der Waals surface area contributed by atoms with Crippen LogP contribution in [0.2, 0.25) is 0 Å². The molecule has 0 radical (unpaired) electrons. The van der Waals surface area contributed by atoms with E-state index >= 15 is 0 Å². The standard InChI is InChI=1S/C61H77N11O8S/c1-37(51(63)69-57-66-45-15-9-10-16-47(45)81-57)40-14-13-24-71(52(40)64)48-21-19-41(50(67-48)56(77)78)44(29-62)38(2)65-36-60-31-58(3)30-59(4,32-60)34-61(33-58,35-60)80-27-25-70(5)23-11-7-6-8-12-26-79-39-17-18-42-43(28-39)55(76)72(54(42)75)46-20-22-49(73)68-53(46)74/h9-10,15-19,21,28-29,46,64,67,77-78H,6-8,11-14,20,22-27,30-36,62H2,1-5H3,(H2,63,66,69)(H,68,73,74)/b40-37-,44-29+,64-52?,65-38?. The van der Waals surface area contributed by atoms with Gasteiger partial charge in [-0.2, -0.15) is 0 Å². The maximum Gasteiger partial charge on any atom is 0.299 e. The van der Waals surface area contributed by atoms with Gasteiger partial charge in [-0.25, -0.2) is 9.98 Å². The molecular formula is C61H77N11O8S. The maximum absolute atomic E-state index is 13.2. The lowest BCUT2D eigenvalue weighted by Gasteiger charge is -2.69. The number of piperidine rings is 2. The minimum absolute atomic E-state index is 0.0530. The molecule has 3 aromatic rings. The molecule has 4 aliphatic heterocycles. The smallest absolute Gasteiger partial charge is 0.299 e. The van der Waals surface area contributed by atoms with E-state index in [1.807, 2.05) is 49.1 Å². The molecule has 11 rings (SSSR count). The number of nitrogens with one attached hydrogen (secondary N) is 3. The van der Waals surface area contributed by atoms with Crippen LogP contribution in [-0.4, -0.2) is 129 Å². The predicted molar refractivity (Wildman–Crippen MR) is 313 cm³/mol. The molecule has 3 unspecified atom stereocenters. The van der Waals surface area contributed by atoms with Gasteiger partial charge in [-0.3, -0.25) is 39.8 Å². The Balaban J connectivity index is 0.696. The van der Waals surface area contributed by atoms with E-state index < -0.39 is 35.6 Å². The molecule has 4 bridgehead atoms. The number of likely N-dealkylation sites (tertiary alicyclic amines) is 1. The van der Waals surface area contributed by atoms with Crippen molar-refractivity contribution in [3.63, 3.8) is 0 Å². The second-order valence-electron chi connectivity index (χ2n) is 24.4. The van der Waals surface area contributed by atoms with Crippen LogP contribution in [0.25, 0.3) is 10.2 Å². The molecule has 0 spiro atoms. The van der Waals surface area contributed by atoms with Gasteiger partial charge in [0.05, 0.1) is 40.2 Å². The molecule has 4 aliphatic carbocycles. The number of para-hydroxylation sites is 1. The number of aliphatic hydroxyl groups excluding tert-OH is 1. The van der Waals surface area contributed by atoms with Gasteiger partial charge in [0.25, 0.3) is 17.8 Å². The Labute approximate surface area is 477 Å². The first-order valence-corrected chi connectivity index (χ1v) is 29.3. The summed E-state index contributed by atoms with van der Waals surface area (Å²) in [6.07, 6.45) is 18.1. The SMILES string of the molecule is CC(=NCC12CC3(C)CC(C)(C1)CC(OCCN(C)CCCCCCCOc1ccc4c(c1)C(=O)N(C1CCC(=O)NC1=O)C4=O)(C3)C2)/C(=C\N)C1=CC=C(N2CCC/C(=C(C)/C(N)=N\c3nc4ccccc4s3)C2=N)NC1=C(O)O. The van der Waals surface area contributed by atoms with Crippen LogP contribution >= 0.6 is 11.3 Å². The third-order valence-corrected chi connectivity index (χ3v) is 18.5. The van der Waals surface area contributed by atoms with Crippen molar-refractivity contribution in [2.45, 2.75) is 136 Å². The zero-order valence-corrected chi connectivity index (χ0v) is 48.1. The van der Waals surface area contributed by atoms with E-state index in [0.29, 0.717) is 77.7 Å². The summed E-state index contributed by atoms with van der Waals surface area (Å²) in [5, 5.41) is 36.8. The summed E-state index contributed by atoms with van der Waals surface area (Å²) in [4.78, 5) is 69.9. The average molecular weight is 1120 g/mol. The number of aliphatic hydroxyl groups is 2. The number of benzene rings is 2. The molecule has 20 heteroatoms. The largest absolute Gasteiger partial charge is 0.494 e. The van der Waals surface area contributed by atoms with Crippen LogP contribution in [0.1, 0.15) is 145 Å². The molecule has 430 valence electrons. The van der Waals surface area contributed by atoms with Crippen LogP contribution in [-0.2, 0) is 14.3 Å². The summed E-state index contributed by atoms with van der Waals surface area (Å²) in [6, 6.07) is 11.6. The Morgan fingerprint density at radius 2 is 1.65 bits per heavy atom. The highest BCUT2D eigenvalue weighted by Gasteiger charge is 2.66. The number of unbranched alkanes of at least 4 members (excludes halogenated alkanes) is 4. The molecule has 9 N–H and O–H groups in total. The zero-order valence-electron chi connectivity index (χ0n) is 47.3. The summed E-state index contributed by atoms with van der Waals surface area (Å²) >= 11 is 1.46. The van der Waals surface area contributed by atoms with Crippen molar-refractivity contribution in [1.29, 1.82) is 5.41 Å². The lowest BCUT2D eigenvalue weighted by molar-refractivity contribution is -0.242. The zero-order chi connectivity index (χ0) is 57.4. The number of dihydropyridines is 1. The van der Waals surface area contributed by atoms with Crippen molar-refractivity contribution in [2.75, 3.05) is 46.4 Å². The molecule has 6 fully saturated rings. The first-order chi connectivity index (χ1) is 38.7. The molecule has 19 nitrogen and oxygen atoms in total. The van der Waals surface area contributed by atoms with E-state index in [-0.39, 0.29) is 57.3 Å². The Kier molecular flexibility index (Phi) is 16.2. The number of hydrogen-bond acceptors (Lipinski definition) is 16. The van der Waals surface area contributed by atoms with Crippen molar-refractivity contribution in [3.05, 3.63) is 112 Å². The van der Waals surface area contributed by atoms with Crippen LogP contribution < -0.4 is 26.8 Å². The van der Waals surface area contributed by atoms with Gasteiger partial charge in [-0.1, -0.05) is 56.6 Å². The molecular weight excluding hydrogens is 1050 g/mol. The number of likely N-dealkylation sites (N-methyl/N-ethyl adjacent to an activating group) is 1. The Morgan fingerprint density at radius 1 is 0.914 bits per heavy atom. The number of ether oxygens (including phenoxy) is 2. The van der Waals surface area contributed by atoms with Crippen LogP contribution in [0.4, 0.5) is 5.13 Å². The summed E-state index contributed by atoms with van der Waals surface area (Å²) in [5.41, 5.74) is 17.5. The number of thiazole rings is 1. The number of aromatic nitrogens is 1. The van der Waals surface area contributed by atoms with E-state index in [1.165, 1.54) is 24.0 Å². The lowest BCUT2D eigenvalue weighted by Crippen LogP contribution is -2.64. The van der Waals surface area contributed by atoms with Gasteiger partial charge in [0.15, 0.2) is 0 Å². The number of amidine groups is 2. The van der Waals surface area contributed by atoms with Gasteiger partial charge < -0.3 is 46.3 Å². The van der Waals surface area contributed by atoms with Crippen molar-refractivity contribution in [1.82, 2.24) is 30.3 Å². The Bertz CT molecular complexity index is 3220. The summed E-state index contributed by atoms with van der Waals surface area (Å²) in [5.74, 6) is -1.46. The summed E-state index contributed by atoms with van der Waals surface area (Å²) in [6.45, 7) is 12.8. The van der Waals surface area contributed by atoms with Crippen LogP contribution in [0.5, 0.6) is 5.75 Å². The van der Waals surface area contributed by atoms with E-state index in [0.717, 1.165) is 104 Å². The number of aliphatic imine (C=N–C) groups is 2. The normalized spacial score (nSPS) is 27.5. The summed E-state index contributed by atoms with van der Waals surface area (Å²) in [7, 11) is 2.17. The fraction of sp³-hybridized carbons (Fsp3) is 0.508. The number of rotatable bonds is 21. The van der Waals surface area contributed by atoms with Gasteiger partial charge in [0.1, 0.15) is 35.0 Å². The molecule has 5 heterocycles. The van der Waals surface area contributed by atoms with Gasteiger partial charge in [0, 0.05) is 54.7 Å². The number of hydrogen-bond donors (Lipinski definition) is 7. The number of carbonyl (C=O) groups excluding carboxylic acids is 4. The van der Waals surface area contributed by atoms with Crippen molar-refractivity contribution in [2.24, 2.45) is 37.7 Å². The minimum atomic E-state index is -1.00. The molecule has 2 aromatic carbocycles. The van der Waals surface area contributed by atoms with Crippen molar-refractivity contribution >= 4 is 67.7 Å². The van der Waals surface area contributed by atoms with Gasteiger partial charge in [0.2, 0.25) is 16.9 Å². The second kappa shape index (κ2) is 23.0. The molecule has 4 saturated carbocycles. The van der Waals surface area contributed by atoms with E-state index in [1.54, 1.807) is 24.3 Å². The molecule has 3 atom stereocenters. The predicted octanol–water partition coefficient (Wildman–Crippen LogP) is 9.13. The average Bonchev–Trinajstić information content (AvgIpc) is 3.88. The van der Waals surface area contributed by atoms with E-state index in [4.69, 9.17) is 25.9 Å². The second-order valence-corrected chi connectivity index (χ2v) is 25.4. The molecule has 1 aromatic heterocycles. The number of amides is 4. The molecule has 81 heavy (non-hydrogen) atoms. The van der Waals surface area contributed by atoms with E-state index in [2.05, 4.69) is 46.4 Å². The number of carbonyl (C=O) groups is 4. The Morgan fingerprint density at radius 3 is 2.40 bits per heavy atom. The highest BCUT2D eigenvalue weighted by atomic mass is 32.1. The third kappa shape index (κ3) is 12.0. The van der Waals surface area contributed by atoms with Gasteiger partial charge in [-0.05, 0) is 162 Å². The Hall–Kier alpha value is -7.16. The molecule has 2 saturated heterocycles. The van der Waals surface area contributed by atoms with Crippen LogP contribution in [0, 0.1) is 21.7 Å². The molecule has 4 amide bonds. The lowest BCUT2D eigenvalue weighted by atomic mass is 9.39. The number of nitrogens with zero attached hydrogens (tertiary/aromatic N) is 6.